The number of nitrogens with zero attached hydrogens (tertiary/aromatic N) is 1. The normalized spacial score (nSPS) is 30.5. The number of nitrogens with one attached hydrogen (secondary N) is 1. The molecule has 2 aliphatic heterocycles. The maximum Gasteiger partial charge on any atom is 0.267 e. The van der Waals surface area contributed by atoms with Crippen LogP contribution in [0.1, 0.15) is 19.3 Å². The summed E-state index contributed by atoms with van der Waals surface area (Å²) in [6.07, 6.45) is 1.60. The van der Waals surface area contributed by atoms with Crippen LogP contribution in [0.2, 0.25) is 0 Å². The van der Waals surface area contributed by atoms with Crippen LogP contribution >= 0.6 is 0 Å². The van der Waals surface area contributed by atoms with Gasteiger partial charge >= 0.3 is 0 Å². The lowest BCUT2D eigenvalue weighted by Crippen LogP contribution is -2.42. The van der Waals surface area contributed by atoms with E-state index in [1.165, 1.54) is 4.90 Å². The van der Waals surface area contributed by atoms with Crippen LogP contribution in [0.3, 0.4) is 0 Å². The minimum atomic E-state index is -2.67. The van der Waals surface area contributed by atoms with Crippen LogP contribution in [-0.4, -0.2) is 42.9 Å². The zero-order chi connectivity index (χ0) is 10.9. The second-order valence-corrected chi connectivity index (χ2v) is 4.41. The lowest BCUT2D eigenvalue weighted by atomic mass is 9.98. The SMILES string of the molecule is O=C([C@H]1CCCNC1)N1CCC(F)(F)C1. The van der Waals surface area contributed by atoms with Gasteiger partial charge in [0.25, 0.3) is 5.92 Å². The highest BCUT2D eigenvalue weighted by Gasteiger charge is 2.41. The molecule has 5 heteroatoms. The van der Waals surface area contributed by atoms with Crippen LogP contribution in [0.4, 0.5) is 8.78 Å². The molecule has 0 aromatic rings. The van der Waals surface area contributed by atoms with Crippen molar-refractivity contribution in [2.24, 2.45) is 5.92 Å². The molecular formula is C10H16F2N2O. The van der Waals surface area contributed by atoms with Gasteiger partial charge in [0.15, 0.2) is 0 Å². The molecule has 0 spiro atoms. The lowest BCUT2D eigenvalue weighted by molar-refractivity contribution is -0.136. The Kier molecular flexibility index (Phi) is 2.91. The predicted octanol–water partition coefficient (Wildman–Crippen LogP) is 0.854. The summed E-state index contributed by atoms with van der Waals surface area (Å²) in [7, 11) is 0. The molecule has 0 saturated carbocycles. The number of amides is 1. The van der Waals surface area contributed by atoms with Crippen molar-refractivity contribution in [3.63, 3.8) is 0 Å². The standard InChI is InChI=1S/C10H16F2N2O/c11-10(12)3-5-14(7-10)9(15)8-2-1-4-13-6-8/h8,13H,1-7H2/t8-/m0/s1. The molecule has 2 rings (SSSR count). The van der Waals surface area contributed by atoms with E-state index in [-0.39, 0.29) is 31.3 Å². The van der Waals surface area contributed by atoms with Crippen molar-refractivity contribution in [1.29, 1.82) is 0 Å². The Hall–Kier alpha value is -0.710. The van der Waals surface area contributed by atoms with Gasteiger partial charge in [0.1, 0.15) is 0 Å². The number of carbonyl (C=O) groups is 1. The first-order valence-electron chi connectivity index (χ1n) is 5.46. The van der Waals surface area contributed by atoms with Crippen LogP contribution < -0.4 is 5.32 Å². The van der Waals surface area contributed by atoms with Gasteiger partial charge in [0.2, 0.25) is 5.91 Å². The fraction of sp³-hybridized carbons (Fsp3) is 0.900. The smallest absolute Gasteiger partial charge is 0.267 e. The van der Waals surface area contributed by atoms with Gasteiger partial charge < -0.3 is 10.2 Å². The molecule has 86 valence electrons. The molecule has 2 fully saturated rings. The Morgan fingerprint density at radius 3 is 2.80 bits per heavy atom. The van der Waals surface area contributed by atoms with Gasteiger partial charge in [0, 0.05) is 19.5 Å². The summed E-state index contributed by atoms with van der Waals surface area (Å²) in [6, 6.07) is 0. The molecule has 15 heavy (non-hydrogen) atoms. The third-order valence-corrected chi connectivity index (χ3v) is 3.13. The van der Waals surface area contributed by atoms with Crippen LogP contribution in [-0.2, 0) is 4.79 Å². The van der Waals surface area contributed by atoms with E-state index in [2.05, 4.69) is 5.32 Å². The summed E-state index contributed by atoms with van der Waals surface area (Å²) in [5.41, 5.74) is 0. The highest BCUT2D eigenvalue weighted by Crippen LogP contribution is 2.28. The number of rotatable bonds is 1. The molecule has 0 aromatic carbocycles. The summed E-state index contributed by atoms with van der Waals surface area (Å²) in [4.78, 5) is 13.2. The second-order valence-electron chi connectivity index (χ2n) is 4.41. The number of alkyl halides is 2. The molecule has 1 atom stereocenters. The third kappa shape index (κ3) is 2.45. The van der Waals surface area contributed by atoms with Gasteiger partial charge in [-0.3, -0.25) is 4.79 Å². The van der Waals surface area contributed by atoms with Crippen molar-refractivity contribution in [3.05, 3.63) is 0 Å². The monoisotopic (exact) mass is 218 g/mol. The zero-order valence-corrected chi connectivity index (χ0v) is 8.64. The largest absolute Gasteiger partial charge is 0.336 e. The average Bonchev–Trinajstić information content (AvgIpc) is 2.59. The van der Waals surface area contributed by atoms with Crippen molar-refractivity contribution >= 4 is 5.91 Å². The van der Waals surface area contributed by atoms with Crippen LogP contribution in [0.5, 0.6) is 0 Å². The van der Waals surface area contributed by atoms with Gasteiger partial charge in [-0.15, -0.1) is 0 Å². The van der Waals surface area contributed by atoms with Crippen molar-refractivity contribution in [1.82, 2.24) is 10.2 Å². The maximum absolute atomic E-state index is 12.9. The number of carbonyl (C=O) groups excluding carboxylic acids is 1. The molecule has 2 heterocycles. The fourth-order valence-electron chi connectivity index (χ4n) is 2.24. The minimum Gasteiger partial charge on any atom is -0.336 e. The molecule has 2 saturated heterocycles. The topological polar surface area (TPSA) is 32.3 Å². The second kappa shape index (κ2) is 4.04. The molecule has 1 amide bonds. The summed E-state index contributed by atoms with van der Waals surface area (Å²) in [5.74, 6) is -2.86. The average molecular weight is 218 g/mol. The predicted molar refractivity (Wildman–Crippen MR) is 51.7 cm³/mol. The van der Waals surface area contributed by atoms with Gasteiger partial charge in [0.05, 0.1) is 12.5 Å². The number of hydrogen-bond donors (Lipinski definition) is 1. The molecule has 0 unspecified atom stereocenters. The Balaban J connectivity index is 1.90. The van der Waals surface area contributed by atoms with E-state index >= 15 is 0 Å². The minimum absolute atomic E-state index is 0.0901. The van der Waals surface area contributed by atoms with Gasteiger partial charge in [-0.05, 0) is 19.4 Å². The van der Waals surface area contributed by atoms with E-state index in [4.69, 9.17) is 0 Å². The Morgan fingerprint density at radius 1 is 1.47 bits per heavy atom. The first-order valence-corrected chi connectivity index (χ1v) is 5.46. The van der Waals surface area contributed by atoms with E-state index in [0.29, 0.717) is 6.54 Å². The van der Waals surface area contributed by atoms with Gasteiger partial charge in [-0.2, -0.15) is 0 Å². The van der Waals surface area contributed by atoms with E-state index in [9.17, 15) is 13.6 Å². The molecule has 0 bridgehead atoms. The number of likely N-dealkylation sites (tertiary alicyclic amines) is 1. The first kappa shape index (κ1) is 10.8. The van der Waals surface area contributed by atoms with Crippen molar-refractivity contribution in [2.75, 3.05) is 26.2 Å². The number of piperidine rings is 1. The van der Waals surface area contributed by atoms with Crippen LogP contribution in [0.25, 0.3) is 0 Å². The van der Waals surface area contributed by atoms with Crippen LogP contribution in [0, 0.1) is 5.92 Å². The molecule has 3 nitrogen and oxygen atoms in total. The van der Waals surface area contributed by atoms with E-state index in [0.717, 1.165) is 19.4 Å². The molecule has 1 N–H and O–H groups in total. The van der Waals surface area contributed by atoms with Gasteiger partial charge in [-0.1, -0.05) is 0 Å². The Morgan fingerprint density at radius 2 is 2.27 bits per heavy atom. The zero-order valence-electron chi connectivity index (χ0n) is 8.64. The number of halogens is 2. The highest BCUT2D eigenvalue weighted by atomic mass is 19.3. The summed E-state index contributed by atoms with van der Waals surface area (Å²) in [5, 5.41) is 3.12. The van der Waals surface area contributed by atoms with E-state index in [1.807, 2.05) is 0 Å². The molecule has 2 aliphatic rings. The summed E-state index contributed by atoms with van der Waals surface area (Å²) < 4.78 is 25.8. The lowest BCUT2D eigenvalue weighted by Gasteiger charge is -2.26. The summed E-state index contributed by atoms with van der Waals surface area (Å²) in [6.45, 7) is 1.39. The Bertz CT molecular complexity index is 252. The molecule has 0 aromatic heterocycles. The Labute approximate surface area is 87.8 Å². The quantitative estimate of drug-likeness (QED) is 0.707. The van der Waals surface area contributed by atoms with Crippen LogP contribution in [0.15, 0.2) is 0 Å². The maximum atomic E-state index is 12.9. The molecule has 0 aliphatic carbocycles. The molecule has 0 radical (unpaired) electrons. The van der Waals surface area contributed by atoms with Crippen molar-refractivity contribution in [3.8, 4) is 0 Å². The first-order chi connectivity index (χ1) is 7.08. The number of hydrogen-bond acceptors (Lipinski definition) is 2. The van der Waals surface area contributed by atoms with E-state index in [1.54, 1.807) is 0 Å². The third-order valence-electron chi connectivity index (χ3n) is 3.13. The van der Waals surface area contributed by atoms with E-state index < -0.39 is 5.92 Å². The molecular weight excluding hydrogens is 202 g/mol. The van der Waals surface area contributed by atoms with Crippen molar-refractivity contribution in [2.45, 2.75) is 25.2 Å². The van der Waals surface area contributed by atoms with Gasteiger partial charge in [-0.25, -0.2) is 8.78 Å². The fourth-order valence-corrected chi connectivity index (χ4v) is 2.24. The van der Waals surface area contributed by atoms with Crippen molar-refractivity contribution < 1.29 is 13.6 Å². The highest BCUT2D eigenvalue weighted by molar-refractivity contribution is 5.79. The summed E-state index contributed by atoms with van der Waals surface area (Å²) >= 11 is 0.